The molecule has 6 heteroatoms. The number of carbonyl (C=O) groups is 2. The summed E-state index contributed by atoms with van der Waals surface area (Å²) in [6.07, 6.45) is 0. The van der Waals surface area contributed by atoms with Crippen LogP contribution in [0.4, 0.5) is 0 Å². The number of carboxylic acid groups (broad SMARTS) is 2. The van der Waals surface area contributed by atoms with E-state index in [0.717, 1.165) is 0 Å². The Bertz CT molecular complexity index is 418. The molecule has 1 rings (SSSR count). The maximum Gasteiger partial charge on any atom is 0.335 e. The smallest absolute Gasteiger partial charge is 0.335 e. The zero-order valence-corrected chi connectivity index (χ0v) is 17.7. The van der Waals surface area contributed by atoms with E-state index in [2.05, 4.69) is 0 Å². The molecule has 0 fully saturated rings. The van der Waals surface area contributed by atoms with E-state index < -0.39 is 11.9 Å². The Balaban J connectivity index is 0. The van der Waals surface area contributed by atoms with Gasteiger partial charge in [-0.15, -0.1) is 0 Å². The predicted octanol–water partition coefficient (Wildman–Crippen LogP) is 1.62. The quantitative estimate of drug-likeness (QED) is 0.814. The number of carboxylic acids is 2. The van der Waals surface area contributed by atoms with Gasteiger partial charge in [0, 0.05) is 103 Å². The molecule has 0 atom stereocenters. The molecule has 0 aliphatic rings. The first-order valence-electron chi connectivity index (χ1n) is 4.84. The SMILES string of the molecule is CC(C)(C)c1cc(C(=O)O)cc(C(=O)O)c1.[K].[K]. The third-order valence-corrected chi connectivity index (χ3v) is 2.29. The number of hydrogen-bond donors (Lipinski definition) is 2. The molecule has 88 valence electrons. The topological polar surface area (TPSA) is 74.6 Å². The molecule has 0 aliphatic heterocycles. The van der Waals surface area contributed by atoms with Crippen molar-refractivity contribution in [3.05, 3.63) is 34.9 Å². The Morgan fingerprint density at radius 3 is 1.44 bits per heavy atom. The fourth-order valence-corrected chi connectivity index (χ4v) is 1.31. The van der Waals surface area contributed by atoms with Crippen molar-refractivity contribution in [2.75, 3.05) is 0 Å². The number of hydrogen-bond acceptors (Lipinski definition) is 2. The average Bonchev–Trinajstić information content (AvgIpc) is 2.15. The number of rotatable bonds is 2. The van der Waals surface area contributed by atoms with E-state index in [1.54, 1.807) is 0 Å². The van der Waals surface area contributed by atoms with Crippen LogP contribution in [0.2, 0.25) is 0 Å². The molecule has 0 spiro atoms. The van der Waals surface area contributed by atoms with E-state index in [0.29, 0.717) is 5.56 Å². The van der Waals surface area contributed by atoms with E-state index in [4.69, 9.17) is 10.2 Å². The Morgan fingerprint density at radius 2 is 1.22 bits per heavy atom. The molecule has 4 nitrogen and oxygen atoms in total. The number of aromatic carboxylic acids is 2. The molecule has 1 aromatic carbocycles. The average molecular weight is 300 g/mol. The van der Waals surface area contributed by atoms with E-state index in [-0.39, 0.29) is 119 Å². The summed E-state index contributed by atoms with van der Waals surface area (Å²) < 4.78 is 0. The fraction of sp³-hybridized carbons (Fsp3) is 0.333. The van der Waals surface area contributed by atoms with E-state index in [1.807, 2.05) is 20.8 Å². The molecule has 0 aromatic heterocycles. The summed E-state index contributed by atoms with van der Waals surface area (Å²) in [6, 6.07) is 4.18. The Labute approximate surface area is 191 Å². The van der Waals surface area contributed by atoms with Gasteiger partial charge in [0.2, 0.25) is 0 Å². The van der Waals surface area contributed by atoms with Gasteiger partial charge in [-0.2, -0.15) is 0 Å². The second-order valence-electron chi connectivity index (χ2n) is 4.66. The number of benzene rings is 1. The molecule has 0 aliphatic carbocycles. The minimum Gasteiger partial charge on any atom is -0.478 e. The minimum absolute atomic E-state index is 0. The van der Waals surface area contributed by atoms with Gasteiger partial charge in [-0.05, 0) is 29.2 Å². The third kappa shape index (κ3) is 6.26. The summed E-state index contributed by atoms with van der Waals surface area (Å²) in [4.78, 5) is 21.7. The van der Waals surface area contributed by atoms with Crippen molar-refractivity contribution < 1.29 is 19.8 Å². The van der Waals surface area contributed by atoms with Crippen molar-refractivity contribution in [3.8, 4) is 0 Å². The zero-order chi connectivity index (χ0) is 12.5. The molecular weight excluding hydrogens is 286 g/mol. The molecule has 0 saturated heterocycles. The van der Waals surface area contributed by atoms with Crippen LogP contribution in [0.1, 0.15) is 47.1 Å². The molecule has 2 radical (unpaired) electrons. The van der Waals surface area contributed by atoms with Crippen molar-refractivity contribution in [2.45, 2.75) is 26.2 Å². The first-order valence-corrected chi connectivity index (χ1v) is 4.84. The van der Waals surface area contributed by atoms with Crippen LogP contribution in [0.5, 0.6) is 0 Å². The summed E-state index contributed by atoms with van der Waals surface area (Å²) in [5.74, 6) is -2.23. The van der Waals surface area contributed by atoms with Crippen LogP contribution >= 0.6 is 0 Å². The van der Waals surface area contributed by atoms with Crippen LogP contribution in [0.3, 0.4) is 0 Å². The summed E-state index contributed by atoms with van der Waals surface area (Å²) in [5, 5.41) is 17.8. The molecule has 0 unspecified atom stereocenters. The Hall–Kier alpha value is 1.43. The van der Waals surface area contributed by atoms with Gasteiger partial charge in [-0.1, -0.05) is 20.8 Å². The van der Waals surface area contributed by atoms with Gasteiger partial charge in [0.15, 0.2) is 0 Å². The van der Waals surface area contributed by atoms with Crippen LogP contribution in [0.25, 0.3) is 0 Å². The molecule has 0 heterocycles. The Morgan fingerprint density at radius 1 is 0.889 bits per heavy atom. The van der Waals surface area contributed by atoms with Crippen LogP contribution in [0, 0.1) is 0 Å². The summed E-state index contributed by atoms with van der Waals surface area (Å²) in [7, 11) is 0. The van der Waals surface area contributed by atoms with Crippen LogP contribution in [-0.4, -0.2) is 125 Å². The van der Waals surface area contributed by atoms with E-state index >= 15 is 0 Å². The molecular formula is C12H14K2O4. The third-order valence-electron chi connectivity index (χ3n) is 2.29. The van der Waals surface area contributed by atoms with E-state index in [1.165, 1.54) is 18.2 Å². The molecule has 2 N–H and O–H groups in total. The summed E-state index contributed by atoms with van der Waals surface area (Å²) >= 11 is 0. The van der Waals surface area contributed by atoms with Crippen LogP contribution in [0.15, 0.2) is 18.2 Å². The summed E-state index contributed by atoms with van der Waals surface area (Å²) in [6.45, 7) is 5.71. The largest absolute Gasteiger partial charge is 0.478 e. The van der Waals surface area contributed by atoms with Crippen molar-refractivity contribution >= 4 is 115 Å². The van der Waals surface area contributed by atoms with Crippen molar-refractivity contribution in [2.24, 2.45) is 0 Å². The second-order valence-corrected chi connectivity index (χ2v) is 4.66. The second kappa shape index (κ2) is 8.66. The first-order chi connectivity index (χ1) is 7.21. The van der Waals surface area contributed by atoms with Gasteiger partial charge in [0.25, 0.3) is 0 Å². The van der Waals surface area contributed by atoms with Crippen molar-refractivity contribution in [3.63, 3.8) is 0 Å². The molecule has 0 saturated carbocycles. The predicted molar refractivity (Wildman–Crippen MR) is 70.6 cm³/mol. The maximum atomic E-state index is 10.9. The van der Waals surface area contributed by atoms with Gasteiger partial charge >= 0.3 is 11.9 Å². The van der Waals surface area contributed by atoms with Crippen molar-refractivity contribution in [1.29, 1.82) is 0 Å². The minimum atomic E-state index is -1.12. The van der Waals surface area contributed by atoms with Gasteiger partial charge < -0.3 is 10.2 Å². The molecule has 18 heavy (non-hydrogen) atoms. The maximum absolute atomic E-state index is 10.9. The van der Waals surface area contributed by atoms with Gasteiger partial charge in [-0.3, -0.25) is 0 Å². The fourth-order valence-electron chi connectivity index (χ4n) is 1.31. The monoisotopic (exact) mass is 300 g/mol. The normalized spacial score (nSPS) is 9.94. The van der Waals surface area contributed by atoms with Crippen LogP contribution < -0.4 is 0 Å². The molecule has 0 bridgehead atoms. The zero-order valence-electron chi connectivity index (χ0n) is 11.4. The van der Waals surface area contributed by atoms with E-state index in [9.17, 15) is 9.59 Å². The standard InChI is InChI=1S/C12H14O4.2K/c1-12(2,3)9-5-7(10(13)14)4-8(6-9)11(15)16;;/h4-6H,1-3H3,(H,13,14)(H,15,16);;. The van der Waals surface area contributed by atoms with Gasteiger partial charge in [-0.25, -0.2) is 9.59 Å². The van der Waals surface area contributed by atoms with Gasteiger partial charge in [0.1, 0.15) is 0 Å². The summed E-state index contributed by atoms with van der Waals surface area (Å²) in [5.41, 5.74) is 0.426. The Kier molecular flexibility index (Phi) is 10.5. The molecule has 0 amide bonds. The van der Waals surface area contributed by atoms with Gasteiger partial charge in [0.05, 0.1) is 11.1 Å². The molecule has 1 aromatic rings. The van der Waals surface area contributed by atoms with Crippen LogP contribution in [-0.2, 0) is 5.41 Å². The van der Waals surface area contributed by atoms with Crippen molar-refractivity contribution in [1.82, 2.24) is 0 Å². The first kappa shape index (κ1) is 21.7.